The predicted octanol–water partition coefficient (Wildman–Crippen LogP) is 3.82. The van der Waals surface area contributed by atoms with Gasteiger partial charge in [-0.25, -0.2) is 4.79 Å². The number of thiocarbonyl (C=S) groups is 1. The number of likely N-dealkylation sites (N-methyl/N-ethyl adjacent to an activating group) is 1. The molecule has 4 N–H and O–H groups in total. The first-order valence-electron chi connectivity index (χ1n) is 20.4. The first-order chi connectivity index (χ1) is 28.3. The predicted molar refractivity (Wildman–Crippen MR) is 224 cm³/mol. The van der Waals surface area contributed by atoms with Crippen LogP contribution in [0.1, 0.15) is 73.3 Å². The van der Waals surface area contributed by atoms with Crippen LogP contribution in [0, 0.1) is 23.7 Å². The Morgan fingerprint density at radius 3 is 2.40 bits per heavy atom. The fourth-order valence-electron chi connectivity index (χ4n) is 8.68. The Morgan fingerprint density at radius 2 is 1.77 bits per heavy atom. The summed E-state index contributed by atoms with van der Waals surface area (Å²) in [5.41, 5.74) is -0.559. The number of ether oxygens (including phenoxy) is 5. The molecule has 2 aromatic rings. The maximum Gasteiger partial charge on any atom is 0.408 e. The third kappa shape index (κ3) is 10.4. The van der Waals surface area contributed by atoms with Crippen molar-refractivity contribution < 1.29 is 53.1 Å². The number of ketones is 2. The largest absolute Gasteiger partial charge is 0.459 e. The Labute approximate surface area is 356 Å². The normalized spacial score (nSPS) is 35.6. The molecule has 60 heavy (non-hydrogen) atoms. The van der Waals surface area contributed by atoms with Gasteiger partial charge in [0, 0.05) is 48.5 Å². The number of carbonyl (C=O) groups excluding carboxylic acids is 4. The summed E-state index contributed by atoms with van der Waals surface area (Å²) in [6, 6.07) is 9.94. The molecule has 17 heteroatoms. The number of carbonyl (C=O) groups is 4. The van der Waals surface area contributed by atoms with Gasteiger partial charge in [0.15, 0.2) is 24.0 Å². The van der Waals surface area contributed by atoms with E-state index >= 15 is 0 Å². The molecule has 1 aromatic heterocycles. The maximum atomic E-state index is 14.5. The summed E-state index contributed by atoms with van der Waals surface area (Å²) < 4.78 is 30.5. The lowest BCUT2D eigenvalue weighted by Gasteiger charge is -2.46. The van der Waals surface area contributed by atoms with Gasteiger partial charge in [-0.1, -0.05) is 64.1 Å². The summed E-state index contributed by atoms with van der Waals surface area (Å²) in [5.74, 6) is -5.84. The van der Waals surface area contributed by atoms with Gasteiger partial charge in [-0.3, -0.25) is 14.4 Å². The zero-order valence-corrected chi connectivity index (χ0v) is 36.5. The highest BCUT2D eigenvalue weighted by molar-refractivity contribution is 7.80. The lowest BCUT2D eigenvalue weighted by atomic mass is 9.73. The van der Waals surface area contributed by atoms with Gasteiger partial charge in [-0.15, -0.1) is 0 Å². The van der Waals surface area contributed by atoms with E-state index in [1.165, 1.54) is 20.8 Å². The van der Waals surface area contributed by atoms with E-state index in [2.05, 4.69) is 20.8 Å². The highest BCUT2D eigenvalue weighted by atomic mass is 32.1. The number of esters is 1. The number of nitrogens with zero attached hydrogens (tertiary/aromatic N) is 3. The second-order valence-electron chi connectivity index (χ2n) is 16.7. The molecule has 3 fully saturated rings. The number of cyclic esters (lactones) is 1. The molecule has 3 aliphatic rings. The molecular weight excluding hydrogens is 795 g/mol. The van der Waals surface area contributed by atoms with Gasteiger partial charge in [-0.05, 0) is 77.6 Å². The van der Waals surface area contributed by atoms with E-state index in [-0.39, 0.29) is 30.3 Å². The molecular formula is C43H59N5O11S. The van der Waals surface area contributed by atoms with Crippen LogP contribution in [0.3, 0.4) is 0 Å². The Hall–Kier alpha value is -4.39. The molecule has 3 aliphatic heterocycles. The topological polar surface area (TPSA) is 208 Å². The molecule has 3 saturated heterocycles. The average molecular weight is 854 g/mol. The molecule has 328 valence electrons. The van der Waals surface area contributed by atoms with Gasteiger partial charge in [0.2, 0.25) is 0 Å². The van der Waals surface area contributed by atoms with E-state index < -0.39 is 95.7 Å². The fraction of sp³-hybridized carbons (Fsp3) is 0.605. The molecule has 16 nitrogen and oxygen atoms in total. The van der Waals surface area contributed by atoms with Gasteiger partial charge < -0.3 is 49.4 Å². The smallest absolute Gasteiger partial charge is 0.408 e. The Balaban J connectivity index is 1.48. The fourth-order valence-corrected chi connectivity index (χ4v) is 8.99. The lowest BCUT2D eigenvalue weighted by Crippen LogP contribution is -2.61. The number of benzene rings is 1. The molecule has 0 bridgehead atoms. The van der Waals surface area contributed by atoms with E-state index in [9.17, 15) is 29.4 Å². The molecule has 0 spiro atoms. The van der Waals surface area contributed by atoms with Crippen LogP contribution >= 0.6 is 12.2 Å². The number of aliphatic hydroxyl groups excluding tert-OH is 2. The molecule has 4 heterocycles. The van der Waals surface area contributed by atoms with Crippen LogP contribution in [-0.2, 0) is 38.1 Å². The van der Waals surface area contributed by atoms with Crippen LogP contribution in [0.5, 0.6) is 0 Å². The second kappa shape index (κ2) is 19.5. The first-order valence-corrected chi connectivity index (χ1v) is 20.8. The minimum Gasteiger partial charge on any atom is -0.459 e. The molecule has 0 saturated carbocycles. The van der Waals surface area contributed by atoms with E-state index in [1.807, 2.05) is 36.4 Å². The average Bonchev–Trinajstić information content (AvgIpc) is 3.53. The summed E-state index contributed by atoms with van der Waals surface area (Å²) in [6.07, 6.45) is -2.03. The van der Waals surface area contributed by atoms with Crippen molar-refractivity contribution in [3.8, 4) is 11.3 Å². The van der Waals surface area contributed by atoms with E-state index in [4.69, 9.17) is 35.9 Å². The third-order valence-corrected chi connectivity index (χ3v) is 12.2. The van der Waals surface area contributed by atoms with Crippen LogP contribution in [0.4, 0.5) is 4.79 Å². The number of rotatable bonds is 9. The summed E-state index contributed by atoms with van der Waals surface area (Å²) >= 11 is 5.40. The Morgan fingerprint density at radius 1 is 1.07 bits per heavy atom. The minimum absolute atomic E-state index is 0.0425. The molecule has 0 unspecified atom stereocenters. The van der Waals surface area contributed by atoms with Crippen molar-refractivity contribution in [2.75, 3.05) is 20.6 Å². The van der Waals surface area contributed by atoms with Gasteiger partial charge in [0.25, 0.3) is 5.17 Å². The molecule has 1 aromatic carbocycles. The zero-order chi connectivity index (χ0) is 44.1. The highest BCUT2D eigenvalue weighted by Crippen LogP contribution is 2.40. The first kappa shape index (κ1) is 46.7. The van der Waals surface area contributed by atoms with Crippen molar-refractivity contribution in [1.29, 1.82) is 0 Å². The van der Waals surface area contributed by atoms with Crippen molar-refractivity contribution in [2.45, 2.75) is 122 Å². The van der Waals surface area contributed by atoms with Gasteiger partial charge in [-0.2, -0.15) is 10.2 Å². The Bertz CT molecular complexity index is 1890. The molecule has 0 radical (unpaired) electrons. The quantitative estimate of drug-likeness (QED) is 0.161. The summed E-state index contributed by atoms with van der Waals surface area (Å²) in [7, 11) is 3.45. The molecule has 1 amide bonds. The monoisotopic (exact) mass is 853 g/mol. The number of aliphatic hydroxyl groups is 2. The summed E-state index contributed by atoms with van der Waals surface area (Å²) in [6.45, 7) is 11.5. The van der Waals surface area contributed by atoms with E-state index in [0.717, 1.165) is 16.8 Å². The van der Waals surface area contributed by atoms with Crippen LogP contribution < -0.4 is 10.6 Å². The summed E-state index contributed by atoms with van der Waals surface area (Å²) in [5, 5.41) is 36.1. The van der Waals surface area contributed by atoms with Crippen LogP contribution in [0.15, 0.2) is 48.7 Å². The Kier molecular flexibility index (Phi) is 15.2. The number of fused-ring (bicyclic) bond motifs is 1. The molecule has 5 rings (SSSR count). The number of amides is 1. The third-order valence-electron chi connectivity index (χ3n) is 12.0. The van der Waals surface area contributed by atoms with Crippen LogP contribution in [-0.4, -0.2) is 129 Å². The molecule has 13 atom stereocenters. The van der Waals surface area contributed by atoms with Crippen molar-refractivity contribution in [3.63, 3.8) is 0 Å². The SMILES string of the molecule is CC[C@H]1OC(=O)[C@H](C)C(=O)[C@H](C)[C@@H](O[C@@H]2O[C@H](O)C[C@H](N(C)C)[C@H]2O)[C@](C)(OC(=O)NC/C=C/c2ccc(-c3cccnn3)cc2)C[C@@H](C)C(=O)[C@H](C)[C@@H]2NC(=S)O[C@]12C. The van der Waals surface area contributed by atoms with Gasteiger partial charge in [0.05, 0.1) is 11.7 Å². The van der Waals surface area contributed by atoms with Crippen molar-refractivity contribution >= 4 is 47.1 Å². The summed E-state index contributed by atoms with van der Waals surface area (Å²) in [4.78, 5) is 58.2. The number of aromatic nitrogens is 2. The van der Waals surface area contributed by atoms with Crippen LogP contribution in [0.25, 0.3) is 17.3 Å². The van der Waals surface area contributed by atoms with Crippen molar-refractivity contribution in [1.82, 2.24) is 25.7 Å². The maximum absolute atomic E-state index is 14.5. The van der Waals surface area contributed by atoms with E-state index in [0.29, 0.717) is 6.42 Å². The van der Waals surface area contributed by atoms with Crippen molar-refractivity contribution in [3.05, 3.63) is 54.2 Å². The lowest BCUT2D eigenvalue weighted by molar-refractivity contribution is -0.326. The number of hydrogen-bond donors (Lipinski definition) is 4. The number of hydrogen-bond acceptors (Lipinski definition) is 15. The highest BCUT2D eigenvalue weighted by Gasteiger charge is 2.57. The van der Waals surface area contributed by atoms with Gasteiger partial charge >= 0.3 is 12.1 Å². The minimum atomic E-state index is -1.79. The number of Topliss-reactive ketones (excluding diaryl/α,β-unsaturated/α-hetero) is 2. The van der Waals surface area contributed by atoms with Crippen molar-refractivity contribution in [2.24, 2.45) is 23.7 Å². The van der Waals surface area contributed by atoms with Crippen LogP contribution in [0.2, 0.25) is 0 Å². The van der Waals surface area contributed by atoms with Gasteiger partial charge in [0.1, 0.15) is 35.6 Å². The standard InChI is InChI=1S/C43H59N5O11S/c1-10-31-43(7)36(46-41(60)59-43)24(3)33(50)23(2)22-42(6,58-40(54)44-19-11-13-27-15-17-28(18-16-27)29-14-12-20-45-47-29)37(25(4)34(51)26(5)38(53)55-31)57-39-35(52)30(48(8)9)21-32(49)56-39/h11-18,20,23-26,30-32,35-37,39,49,52H,10,19,21-22H2,1-9H3,(H,44,54)(H,46,60)/b13-11+/t23-,24+,25+,26-,30+,31-,32+,35-,36+,37-,39+,42-,43-/m1/s1. The number of nitrogens with one attached hydrogen (secondary N) is 2. The second-order valence-corrected chi connectivity index (χ2v) is 17.1. The molecule has 0 aliphatic carbocycles. The van der Waals surface area contributed by atoms with E-state index in [1.54, 1.807) is 65.0 Å². The number of alkyl carbamates (subject to hydrolysis) is 1. The zero-order valence-electron chi connectivity index (χ0n) is 35.7.